The lowest BCUT2D eigenvalue weighted by Crippen LogP contribution is -1.87. The molecule has 0 aliphatic heterocycles. The Morgan fingerprint density at radius 3 is 2.45 bits per heavy atom. The van der Waals surface area contributed by atoms with Gasteiger partial charge in [0, 0.05) is 0 Å². The van der Waals surface area contributed by atoms with Crippen molar-refractivity contribution in [3.8, 4) is 0 Å². The number of hydrogen-bond donors (Lipinski definition) is 1. The molecule has 60 valence electrons. The van der Waals surface area contributed by atoms with Crippen molar-refractivity contribution in [2.75, 3.05) is 0 Å². The number of thiol groups is 1. The van der Waals surface area contributed by atoms with E-state index in [2.05, 4.69) is 0 Å². The van der Waals surface area contributed by atoms with Crippen LogP contribution in [-0.4, -0.2) is 8.42 Å². The second-order valence-corrected chi connectivity index (χ2v) is 3.18. The summed E-state index contributed by atoms with van der Waals surface area (Å²) in [5, 5.41) is 0. The average molecular weight is 174 g/mol. The minimum atomic E-state index is -2.67. The number of benzene rings is 1. The van der Waals surface area contributed by atoms with Gasteiger partial charge in [0.15, 0.2) is 10.7 Å². The van der Waals surface area contributed by atoms with Crippen LogP contribution in [0.25, 0.3) is 0 Å². The Labute approximate surface area is 65.6 Å². The Kier molecular flexibility index (Phi) is 2.24. The van der Waals surface area contributed by atoms with Crippen LogP contribution in [0.5, 0.6) is 0 Å². The van der Waals surface area contributed by atoms with Gasteiger partial charge in [-0.05, 0) is 24.6 Å². The molecule has 2 nitrogen and oxygen atoms in total. The first-order valence-electron chi connectivity index (χ1n) is 3.02. The van der Waals surface area contributed by atoms with E-state index in [-0.39, 0.29) is 4.90 Å². The van der Waals surface area contributed by atoms with Gasteiger partial charge in [-0.1, -0.05) is 6.07 Å². The van der Waals surface area contributed by atoms with Gasteiger partial charge in [-0.2, -0.15) is 0 Å². The molecule has 0 heterocycles. The quantitative estimate of drug-likeness (QED) is 0.647. The molecule has 0 atom stereocenters. The van der Waals surface area contributed by atoms with Crippen molar-refractivity contribution in [3.63, 3.8) is 0 Å². The van der Waals surface area contributed by atoms with E-state index in [1.165, 1.54) is 12.1 Å². The van der Waals surface area contributed by atoms with E-state index in [9.17, 15) is 12.8 Å². The molecule has 0 amide bonds. The maximum atomic E-state index is 12.4. The first-order valence-corrected chi connectivity index (χ1v) is 4.19. The molecular weight excluding hydrogens is 167 g/mol. The van der Waals surface area contributed by atoms with Gasteiger partial charge < -0.3 is 0 Å². The van der Waals surface area contributed by atoms with Crippen LogP contribution in [0.4, 0.5) is 4.39 Å². The molecule has 0 aliphatic rings. The van der Waals surface area contributed by atoms with E-state index in [4.69, 9.17) is 0 Å². The first kappa shape index (κ1) is 8.20. The molecule has 0 bridgehead atoms. The van der Waals surface area contributed by atoms with Crippen LogP contribution < -0.4 is 0 Å². The molecule has 0 aliphatic carbocycles. The van der Waals surface area contributed by atoms with Gasteiger partial charge in [0.05, 0.1) is 4.90 Å². The maximum Gasteiger partial charge on any atom is 0.168 e. The molecule has 1 aromatic rings. The topological polar surface area (TPSA) is 34.1 Å². The summed E-state index contributed by atoms with van der Waals surface area (Å²) in [4.78, 5) is 0.0556. The Hall–Kier alpha value is -0.900. The molecule has 0 spiro atoms. The smallest absolute Gasteiger partial charge is 0.168 e. The molecule has 1 rings (SSSR count). The summed E-state index contributed by atoms with van der Waals surface area (Å²) in [6.07, 6.45) is 0. The lowest BCUT2D eigenvalue weighted by Gasteiger charge is -1.95. The van der Waals surface area contributed by atoms with Gasteiger partial charge in [0.2, 0.25) is 0 Å². The molecule has 0 saturated carbocycles. The summed E-state index contributed by atoms with van der Waals surface area (Å²) in [5.74, 6) is -0.523. The predicted octanol–water partition coefficient (Wildman–Crippen LogP) is 1.10. The predicted molar refractivity (Wildman–Crippen MR) is 39.7 cm³/mol. The van der Waals surface area contributed by atoms with Crippen LogP contribution >= 0.6 is 0 Å². The SMILES string of the molecule is Cc1ccc(F)cc1[SH](=O)=O. The summed E-state index contributed by atoms with van der Waals surface area (Å²) in [7, 11) is -2.67. The first-order chi connectivity index (χ1) is 5.11. The molecule has 4 heteroatoms. The summed E-state index contributed by atoms with van der Waals surface area (Å²) >= 11 is 0. The number of hydrogen-bond acceptors (Lipinski definition) is 2. The van der Waals surface area contributed by atoms with Gasteiger partial charge in [0.1, 0.15) is 5.82 Å². The van der Waals surface area contributed by atoms with Gasteiger partial charge in [-0.25, -0.2) is 12.8 Å². The highest BCUT2D eigenvalue weighted by Crippen LogP contribution is 2.10. The lowest BCUT2D eigenvalue weighted by atomic mass is 10.2. The summed E-state index contributed by atoms with van der Waals surface area (Å²) in [6, 6.07) is 3.69. The van der Waals surface area contributed by atoms with Gasteiger partial charge in [0.25, 0.3) is 0 Å². The Bertz CT molecular complexity index is 336. The van der Waals surface area contributed by atoms with Crippen molar-refractivity contribution < 1.29 is 12.8 Å². The Balaban J connectivity index is 3.35. The standard InChI is InChI=1S/C7H7FO2S/c1-5-2-3-6(8)4-7(5)11(9)10/h2-4,11H,1H3. The van der Waals surface area contributed by atoms with Crippen molar-refractivity contribution >= 4 is 10.7 Å². The molecule has 0 N–H and O–H groups in total. The van der Waals surface area contributed by atoms with Crippen LogP contribution in [0, 0.1) is 12.7 Å². The fraction of sp³-hybridized carbons (Fsp3) is 0.143. The monoisotopic (exact) mass is 174 g/mol. The van der Waals surface area contributed by atoms with E-state index in [1.807, 2.05) is 0 Å². The second-order valence-electron chi connectivity index (χ2n) is 2.19. The van der Waals surface area contributed by atoms with Gasteiger partial charge >= 0.3 is 0 Å². The van der Waals surface area contributed by atoms with E-state index >= 15 is 0 Å². The summed E-state index contributed by atoms with van der Waals surface area (Å²) in [6.45, 7) is 1.62. The minimum Gasteiger partial charge on any atom is -0.227 e. The molecular formula is C7H7FO2S. The highest BCUT2D eigenvalue weighted by atomic mass is 32.2. The van der Waals surface area contributed by atoms with E-state index in [0.717, 1.165) is 6.07 Å². The van der Waals surface area contributed by atoms with Gasteiger partial charge in [-0.15, -0.1) is 0 Å². The second kappa shape index (κ2) is 3.00. The van der Waals surface area contributed by atoms with E-state index < -0.39 is 16.5 Å². The van der Waals surface area contributed by atoms with E-state index in [0.29, 0.717) is 5.56 Å². The Morgan fingerprint density at radius 1 is 1.36 bits per heavy atom. The molecule has 0 radical (unpaired) electrons. The van der Waals surface area contributed by atoms with Crippen molar-refractivity contribution in [1.82, 2.24) is 0 Å². The van der Waals surface area contributed by atoms with Gasteiger partial charge in [-0.3, -0.25) is 0 Å². The third-order valence-electron chi connectivity index (χ3n) is 1.37. The maximum absolute atomic E-state index is 12.4. The van der Waals surface area contributed by atoms with Crippen LogP contribution in [0.1, 0.15) is 5.56 Å². The summed E-state index contributed by atoms with van der Waals surface area (Å²) in [5.41, 5.74) is 0.572. The number of rotatable bonds is 1. The fourth-order valence-corrected chi connectivity index (χ4v) is 1.37. The zero-order chi connectivity index (χ0) is 8.43. The summed E-state index contributed by atoms with van der Waals surface area (Å²) < 4.78 is 33.3. The number of aryl methyl sites for hydroxylation is 1. The minimum absolute atomic E-state index is 0.0556. The zero-order valence-corrected chi connectivity index (χ0v) is 6.77. The normalized spacial score (nSPS) is 10.5. The van der Waals surface area contributed by atoms with Crippen molar-refractivity contribution in [2.45, 2.75) is 11.8 Å². The average Bonchev–Trinajstić information content (AvgIpc) is 1.94. The fourth-order valence-electron chi connectivity index (χ4n) is 0.779. The molecule has 0 aromatic heterocycles. The van der Waals surface area contributed by atoms with Crippen molar-refractivity contribution in [3.05, 3.63) is 29.6 Å². The molecule has 11 heavy (non-hydrogen) atoms. The van der Waals surface area contributed by atoms with Crippen LogP contribution in [-0.2, 0) is 10.7 Å². The van der Waals surface area contributed by atoms with Crippen LogP contribution in [0.3, 0.4) is 0 Å². The molecule has 0 saturated heterocycles. The molecule has 0 fully saturated rings. The third kappa shape index (κ3) is 1.77. The van der Waals surface area contributed by atoms with Crippen LogP contribution in [0.2, 0.25) is 0 Å². The van der Waals surface area contributed by atoms with Crippen LogP contribution in [0.15, 0.2) is 23.1 Å². The molecule has 0 unspecified atom stereocenters. The highest BCUT2D eigenvalue weighted by Gasteiger charge is 2.00. The molecule has 1 aromatic carbocycles. The van der Waals surface area contributed by atoms with E-state index in [1.54, 1.807) is 6.92 Å². The third-order valence-corrected chi connectivity index (χ3v) is 2.24. The number of halogens is 1. The lowest BCUT2D eigenvalue weighted by molar-refractivity contribution is 0.605. The van der Waals surface area contributed by atoms with Crippen molar-refractivity contribution in [2.24, 2.45) is 0 Å². The zero-order valence-electron chi connectivity index (χ0n) is 5.87. The highest BCUT2D eigenvalue weighted by molar-refractivity contribution is 7.72. The Morgan fingerprint density at radius 2 is 2.00 bits per heavy atom. The van der Waals surface area contributed by atoms with Crippen molar-refractivity contribution in [1.29, 1.82) is 0 Å². The largest absolute Gasteiger partial charge is 0.227 e.